The maximum absolute atomic E-state index is 13.1. The Hall–Kier alpha value is -2.76. The Labute approximate surface area is 179 Å². The van der Waals surface area contributed by atoms with E-state index < -0.39 is 0 Å². The number of nitrogens with zero attached hydrogens (tertiary/aromatic N) is 2. The van der Waals surface area contributed by atoms with Crippen molar-refractivity contribution in [3.05, 3.63) is 101 Å². The molecule has 3 aromatic rings. The highest BCUT2D eigenvalue weighted by Gasteiger charge is 2.16. The second kappa shape index (κ2) is 9.63. The predicted molar refractivity (Wildman–Crippen MR) is 116 cm³/mol. The fourth-order valence-corrected chi connectivity index (χ4v) is 3.25. The molecule has 29 heavy (non-hydrogen) atoms. The summed E-state index contributed by atoms with van der Waals surface area (Å²) in [7, 11) is 0. The molecule has 2 aromatic carbocycles. The van der Waals surface area contributed by atoms with Gasteiger partial charge in [0.15, 0.2) is 0 Å². The summed E-state index contributed by atoms with van der Waals surface area (Å²) in [6, 6.07) is 15.0. The molecule has 0 aliphatic carbocycles. The van der Waals surface area contributed by atoms with Gasteiger partial charge in [-0.05, 0) is 42.0 Å². The van der Waals surface area contributed by atoms with Gasteiger partial charge in [0.05, 0.1) is 22.3 Å². The van der Waals surface area contributed by atoms with E-state index in [1.165, 1.54) is 12.1 Å². The molecule has 0 saturated heterocycles. The zero-order valence-corrected chi connectivity index (χ0v) is 17.1. The molecule has 4 nitrogen and oxygen atoms in total. The van der Waals surface area contributed by atoms with Crippen molar-refractivity contribution in [1.29, 1.82) is 0 Å². The van der Waals surface area contributed by atoms with Gasteiger partial charge in [0, 0.05) is 25.0 Å². The van der Waals surface area contributed by atoms with Crippen molar-refractivity contribution in [3.8, 4) is 0 Å². The molecule has 0 unspecified atom stereocenters. The van der Waals surface area contributed by atoms with Crippen LogP contribution < -0.4 is 5.32 Å². The molecular weight excluding hydrogens is 412 g/mol. The topological polar surface area (TPSA) is 37.3 Å². The van der Waals surface area contributed by atoms with Crippen LogP contribution in [0, 0.1) is 5.82 Å². The Kier molecular flexibility index (Phi) is 6.96. The Morgan fingerprint density at radius 2 is 1.90 bits per heavy atom. The van der Waals surface area contributed by atoms with Crippen LogP contribution in [0.15, 0.2) is 73.4 Å². The van der Waals surface area contributed by atoms with Crippen molar-refractivity contribution in [2.75, 3.05) is 11.9 Å². The highest BCUT2D eigenvalue weighted by molar-refractivity contribution is 6.43. The molecule has 1 N–H and O–H groups in total. The molecule has 0 atom stereocenters. The number of anilines is 1. The van der Waals surface area contributed by atoms with Gasteiger partial charge in [-0.1, -0.05) is 47.5 Å². The second-order valence-electron chi connectivity index (χ2n) is 6.45. The van der Waals surface area contributed by atoms with Crippen molar-refractivity contribution in [3.63, 3.8) is 0 Å². The molecule has 7 heteroatoms. The fraction of sp³-hybridized carbons (Fsp3) is 0.136. The normalized spacial score (nSPS) is 10.6. The minimum atomic E-state index is -0.316. The summed E-state index contributed by atoms with van der Waals surface area (Å²) in [5.41, 5.74) is 2.35. The summed E-state index contributed by atoms with van der Waals surface area (Å²) >= 11 is 12.2. The van der Waals surface area contributed by atoms with Gasteiger partial charge in [-0.2, -0.15) is 0 Å². The molecule has 2 amide bonds. The van der Waals surface area contributed by atoms with Crippen LogP contribution in [0.1, 0.15) is 11.3 Å². The molecule has 0 aliphatic rings. The van der Waals surface area contributed by atoms with Gasteiger partial charge in [-0.25, -0.2) is 9.18 Å². The maximum Gasteiger partial charge on any atom is 0.322 e. The molecule has 1 aromatic heterocycles. The number of halogens is 3. The zero-order valence-electron chi connectivity index (χ0n) is 15.6. The zero-order chi connectivity index (χ0) is 20.8. The third kappa shape index (κ3) is 5.40. The molecule has 150 valence electrons. The average Bonchev–Trinajstić information content (AvgIpc) is 3.13. The lowest BCUT2D eigenvalue weighted by Gasteiger charge is -2.23. The van der Waals surface area contributed by atoms with Gasteiger partial charge >= 0.3 is 6.03 Å². The van der Waals surface area contributed by atoms with E-state index in [1.807, 2.05) is 22.9 Å². The van der Waals surface area contributed by atoms with Gasteiger partial charge in [0.25, 0.3) is 0 Å². The fourth-order valence-electron chi connectivity index (χ4n) is 2.90. The van der Waals surface area contributed by atoms with Gasteiger partial charge in [0.2, 0.25) is 0 Å². The molecule has 0 radical (unpaired) electrons. The first kappa shape index (κ1) is 21.0. The van der Waals surface area contributed by atoms with Gasteiger partial charge in [-0.15, -0.1) is 6.58 Å². The molecule has 0 saturated carbocycles. The van der Waals surface area contributed by atoms with Gasteiger partial charge < -0.3 is 14.8 Å². The lowest BCUT2D eigenvalue weighted by atomic mass is 10.2. The summed E-state index contributed by atoms with van der Waals surface area (Å²) in [6.07, 6.45) is 3.59. The number of urea groups is 1. The summed E-state index contributed by atoms with van der Waals surface area (Å²) in [6.45, 7) is 5.03. The number of carbonyl (C=O) groups is 1. The highest BCUT2D eigenvalue weighted by atomic mass is 35.5. The number of benzene rings is 2. The minimum Gasteiger partial charge on any atom is -0.345 e. The number of amides is 2. The van der Waals surface area contributed by atoms with Crippen molar-refractivity contribution in [2.45, 2.75) is 13.1 Å². The molecule has 0 aliphatic heterocycles. The summed E-state index contributed by atoms with van der Waals surface area (Å²) in [5, 5.41) is 3.46. The number of aromatic nitrogens is 1. The predicted octanol–water partition coefficient (Wildman–Crippen LogP) is 6.20. The van der Waals surface area contributed by atoms with E-state index in [9.17, 15) is 9.18 Å². The Morgan fingerprint density at radius 1 is 1.14 bits per heavy atom. The van der Waals surface area contributed by atoms with Crippen molar-refractivity contribution < 1.29 is 9.18 Å². The number of hydrogen-bond acceptors (Lipinski definition) is 1. The van der Waals surface area contributed by atoms with Crippen LogP contribution in [0.3, 0.4) is 0 Å². The van der Waals surface area contributed by atoms with E-state index in [0.29, 0.717) is 35.4 Å². The average molecular weight is 432 g/mol. The number of hydrogen-bond donors (Lipinski definition) is 1. The number of nitrogens with one attached hydrogen (secondary N) is 1. The van der Waals surface area contributed by atoms with Crippen molar-refractivity contribution in [1.82, 2.24) is 9.47 Å². The lowest BCUT2D eigenvalue weighted by Crippen LogP contribution is -2.35. The molecule has 0 bridgehead atoms. The van der Waals surface area contributed by atoms with Gasteiger partial charge in [0.1, 0.15) is 5.82 Å². The lowest BCUT2D eigenvalue weighted by molar-refractivity contribution is 0.214. The van der Waals surface area contributed by atoms with E-state index in [1.54, 1.807) is 41.3 Å². The van der Waals surface area contributed by atoms with E-state index in [-0.39, 0.29) is 11.8 Å². The van der Waals surface area contributed by atoms with Crippen LogP contribution in [-0.2, 0) is 13.1 Å². The molecule has 1 heterocycles. The Balaban J connectivity index is 1.74. The van der Waals surface area contributed by atoms with E-state index >= 15 is 0 Å². The summed E-state index contributed by atoms with van der Waals surface area (Å²) < 4.78 is 15.2. The number of carbonyl (C=O) groups excluding carboxylic acids is 1. The monoisotopic (exact) mass is 431 g/mol. The molecule has 0 fully saturated rings. The van der Waals surface area contributed by atoms with Crippen LogP contribution in [0.5, 0.6) is 0 Å². The Bertz CT molecular complexity index is 1000. The highest BCUT2D eigenvalue weighted by Crippen LogP contribution is 2.29. The van der Waals surface area contributed by atoms with Crippen molar-refractivity contribution in [2.24, 2.45) is 0 Å². The van der Waals surface area contributed by atoms with Crippen LogP contribution in [0.25, 0.3) is 0 Å². The third-order valence-corrected chi connectivity index (χ3v) is 5.19. The molecular formula is C22H20Cl2FN3O. The van der Waals surface area contributed by atoms with Gasteiger partial charge in [-0.3, -0.25) is 0 Å². The second-order valence-corrected chi connectivity index (χ2v) is 7.24. The number of rotatable bonds is 7. The quantitative estimate of drug-likeness (QED) is 0.444. The van der Waals surface area contributed by atoms with E-state index in [0.717, 1.165) is 11.3 Å². The van der Waals surface area contributed by atoms with Crippen LogP contribution in [-0.4, -0.2) is 22.0 Å². The first-order chi connectivity index (χ1) is 14.0. The standard InChI is InChI=1S/C22H20Cl2FN3O/c1-2-12-28(22(29)26-20-7-3-6-19(23)21(20)24)15-18-5-4-13-27(18)14-16-8-10-17(25)11-9-16/h2-11,13H,1,12,14-15H2,(H,26,29). The van der Waals surface area contributed by atoms with Crippen LogP contribution in [0.2, 0.25) is 10.0 Å². The summed E-state index contributed by atoms with van der Waals surface area (Å²) in [5.74, 6) is -0.269. The van der Waals surface area contributed by atoms with Crippen LogP contribution >= 0.6 is 23.2 Å². The maximum atomic E-state index is 13.1. The Morgan fingerprint density at radius 3 is 2.62 bits per heavy atom. The van der Waals surface area contributed by atoms with E-state index in [4.69, 9.17) is 23.2 Å². The van der Waals surface area contributed by atoms with E-state index in [2.05, 4.69) is 11.9 Å². The first-order valence-corrected chi connectivity index (χ1v) is 9.73. The largest absolute Gasteiger partial charge is 0.345 e. The first-order valence-electron chi connectivity index (χ1n) is 8.97. The van der Waals surface area contributed by atoms with Crippen molar-refractivity contribution >= 4 is 34.9 Å². The molecule has 3 rings (SSSR count). The summed E-state index contributed by atoms with van der Waals surface area (Å²) in [4.78, 5) is 14.4. The molecule has 0 spiro atoms. The van der Waals surface area contributed by atoms with Crippen LogP contribution in [0.4, 0.5) is 14.9 Å². The smallest absolute Gasteiger partial charge is 0.322 e. The third-order valence-electron chi connectivity index (χ3n) is 4.37. The minimum absolute atomic E-state index is 0.269. The SMILES string of the molecule is C=CCN(Cc1cccn1Cc1ccc(F)cc1)C(=O)Nc1cccc(Cl)c1Cl.